The third-order valence-electron chi connectivity index (χ3n) is 4.44. The van der Waals surface area contributed by atoms with Crippen LogP contribution in [0.4, 0.5) is 5.69 Å². The summed E-state index contributed by atoms with van der Waals surface area (Å²) in [6.45, 7) is 3.01. The van der Waals surface area contributed by atoms with Gasteiger partial charge in [-0.3, -0.25) is 0 Å². The number of ether oxygens (including phenoxy) is 2. The first kappa shape index (κ1) is 20.7. The standard InChI is InChI=1S/C21H37NO2/c1-3-4-5-6-7-8-9-10-11-12-13-14-17-24-21-18-19(22)15-16-20(21)23-2/h15-16,18H,3-14,17,22H2,1-2H3. The van der Waals surface area contributed by atoms with Gasteiger partial charge in [-0.15, -0.1) is 0 Å². The van der Waals surface area contributed by atoms with Crippen molar-refractivity contribution in [3.8, 4) is 11.5 Å². The minimum Gasteiger partial charge on any atom is -0.493 e. The molecule has 0 amide bonds. The zero-order valence-corrected chi connectivity index (χ0v) is 15.8. The highest BCUT2D eigenvalue weighted by atomic mass is 16.5. The quantitative estimate of drug-likeness (QED) is 0.300. The van der Waals surface area contributed by atoms with Crippen molar-refractivity contribution in [3.63, 3.8) is 0 Å². The number of nitrogens with two attached hydrogens (primary N) is 1. The van der Waals surface area contributed by atoms with Crippen molar-refractivity contribution < 1.29 is 9.47 Å². The average Bonchev–Trinajstić information content (AvgIpc) is 2.59. The fourth-order valence-corrected chi connectivity index (χ4v) is 2.93. The fourth-order valence-electron chi connectivity index (χ4n) is 2.93. The number of hydrogen-bond acceptors (Lipinski definition) is 3. The van der Waals surface area contributed by atoms with Crippen LogP contribution in [0.3, 0.4) is 0 Å². The summed E-state index contributed by atoms with van der Waals surface area (Å²) >= 11 is 0. The number of anilines is 1. The highest BCUT2D eigenvalue weighted by Gasteiger charge is 2.04. The van der Waals surface area contributed by atoms with Gasteiger partial charge in [0, 0.05) is 11.8 Å². The molecule has 0 fully saturated rings. The maximum atomic E-state index is 5.80. The molecule has 0 saturated carbocycles. The molecule has 1 aromatic carbocycles. The van der Waals surface area contributed by atoms with E-state index in [4.69, 9.17) is 15.2 Å². The van der Waals surface area contributed by atoms with Crippen LogP contribution in [0.1, 0.15) is 84.0 Å². The molecule has 138 valence electrons. The first-order chi connectivity index (χ1) is 11.8. The molecule has 0 spiro atoms. The van der Waals surface area contributed by atoms with E-state index < -0.39 is 0 Å². The second-order valence-corrected chi connectivity index (χ2v) is 6.65. The van der Waals surface area contributed by atoms with Crippen molar-refractivity contribution in [1.29, 1.82) is 0 Å². The Morgan fingerprint density at radius 3 is 1.83 bits per heavy atom. The summed E-state index contributed by atoms with van der Waals surface area (Å²) < 4.78 is 11.1. The molecule has 0 aliphatic carbocycles. The molecule has 0 unspecified atom stereocenters. The lowest BCUT2D eigenvalue weighted by Gasteiger charge is -2.11. The van der Waals surface area contributed by atoms with Crippen molar-refractivity contribution in [3.05, 3.63) is 18.2 Å². The van der Waals surface area contributed by atoms with Crippen LogP contribution < -0.4 is 15.2 Å². The number of hydrogen-bond donors (Lipinski definition) is 1. The van der Waals surface area contributed by atoms with E-state index in [0.29, 0.717) is 5.69 Å². The summed E-state index contributed by atoms with van der Waals surface area (Å²) in [5.41, 5.74) is 6.50. The topological polar surface area (TPSA) is 44.5 Å². The van der Waals surface area contributed by atoms with Crippen LogP contribution in [0.2, 0.25) is 0 Å². The summed E-state index contributed by atoms with van der Waals surface area (Å²) in [4.78, 5) is 0. The van der Waals surface area contributed by atoms with E-state index in [9.17, 15) is 0 Å². The van der Waals surface area contributed by atoms with Crippen LogP contribution >= 0.6 is 0 Å². The van der Waals surface area contributed by atoms with Crippen LogP contribution in [-0.4, -0.2) is 13.7 Å². The smallest absolute Gasteiger partial charge is 0.163 e. The molecule has 1 aromatic rings. The van der Waals surface area contributed by atoms with E-state index in [0.717, 1.165) is 24.5 Å². The van der Waals surface area contributed by atoms with Gasteiger partial charge in [-0.1, -0.05) is 77.6 Å². The van der Waals surface area contributed by atoms with E-state index in [-0.39, 0.29) is 0 Å². The van der Waals surface area contributed by atoms with Gasteiger partial charge in [-0.2, -0.15) is 0 Å². The largest absolute Gasteiger partial charge is 0.493 e. The maximum Gasteiger partial charge on any atom is 0.163 e. The Labute approximate surface area is 148 Å². The van der Waals surface area contributed by atoms with E-state index in [2.05, 4.69) is 6.92 Å². The molecule has 0 aliphatic heterocycles. The van der Waals surface area contributed by atoms with Crippen LogP contribution in [0, 0.1) is 0 Å². The van der Waals surface area contributed by atoms with Gasteiger partial charge in [0.1, 0.15) is 0 Å². The van der Waals surface area contributed by atoms with Gasteiger partial charge in [0.05, 0.1) is 13.7 Å². The lowest BCUT2D eigenvalue weighted by Crippen LogP contribution is -2.00. The third kappa shape index (κ3) is 9.69. The van der Waals surface area contributed by atoms with Gasteiger partial charge >= 0.3 is 0 Å². The first-order valence-corrected chi connectivity index (χ1v) is 9.84. The maximum absolute atomic E-state index is 5.80. The minimum absolute atomic E-state index is 0.709. The van der Waals surface area contributed by atoms with E-state index in [1.807, 2.05) is 18.2 Å². The predicted octanol–water partition coefficient (Wildman–Crippen LogP) is 6.36. The Hall–Kier alpha value is -1.38. The van der Waals surface area contributed by atoms with E-state index >= 15 is 0 Å². The molecule has 3 heteroatoms. The highest BCUT2D eigenvalue weighted by Crippen LogP contribution is 2.29. The van der Waals surface area contributed by atoms with Gasteiger partial charge < -0.3 is 15.2 Å². The van der Waals surface area contributed by atoms with Crippen LogP contribution in [-0.2, 0) is 0 Å². The van der Waals surface area contributed by atoms with Crippen LogP contribution in [0.25, 0.3) is 0 Å². The Balaban J connectivity index is 1.93. The molecular formula is C21H37NO2. The minimum atomic E-state index is 0.709. The molecule has 0 atom stereocenters. The molecule has 0 heterocycles. The van der Waals surface area contributed by atoms with Gasteiger partial charge in [0.25, 0.3) is 0 Å². The lowest BCUT2D eigenvalue weighted by atomic mass is 10.1. The van der Waals surface area contributed by atoms with Gasteiger partial charge in [-0.05, 0) is 18.6 Å². The number of benzene rings is 1. The summed E-state index contributed by atoms with van der Waals surface area (Å²) in [5.74, 6) is 1.50. The normalized spacial score (nSPS) is 10.8. The Kier molecular flexibility index (Phi) is 12.1. The second kappa shape index (κ2) is 14.0. The van der Waals surface area contributed by atoms with Gasteiger partial charge in [0.15, 0.2) is 11.5 Å². The van der Waals surface area contributed by atoms with E-state index in [1.165, 1.54) is 70.6 Å². The zero-order chi connectivity index (χ0) is 17.5. The monoisotopic (exact) mass is 335 g/mol. The van der Waals surface area contributed by atoms with E-state index in [1.54, 1.807) is 7.11 Å². The number of methoxy groups -OCH3 is 1. The fraction of sp³-hybridized carbons (Fsp3) is 0.714. The molecule has 3 nitrogen and oxygen atoms in total. The lowest BCUT2D eigenvalue weighted by molar-refractivity contribution is 0.285. The van der Waals surface area contributed by atoms with Crippen LogP contribution in [0.5, 0.6) is 11.5 Å². The number of unbranched alkanes of at least 4 members (excludes halogenated alkanes) is 11. The van der Waals surface area contributed by atoms with Crippen LogP contribution in [0.15, 0.2) is 18.2 Å². The number of nitrogen functional groups attached to an aromatic ring is 1. The average molecular weight is 336 g/mol. The molecular weight excluding hydrogens is 298 g/mol. The summed E-state index contributed by atoms with van der Waals surface area (Å²) in [6.07, 6.45) is 16.2. The summed E-state index contributed by atoms with van der Waals surface area (Å²) in [5, 5.41) is 0. The van der Waals surface area contributed by atoms with Crippen molar-refractivity contribution in [2.45, 2.75) is 84.0 Å². The highest BCUT2D eigenvalue weighted by molar-refractivity contribution is 5.51. The zero-order valence-electron chi connectivity index (χ0n) is 15.8. The van der Waals surface area contributed by atoms with Crippen molar-refractivity contribution in [1.82, 2.24) is 0 Å². The molecule has 0 aromatic heterocycles. The van der Waals surface area contributed by atoms with Crippen molar-refractivity contribution in [2.75, 3.05) is 19.5 Å². The summed E-state index contributed by atoms with van der Waals surface area (Å²) in [6, 6.07) is 5.52. The predicted molar refractivity (Wildman–Crippen MR) is 104 cm³/mol. The molecule has 0 bridgehead atoms. The van der Waals surface area contributed by atoms with Gasteiger partial charge in [0.2, 0.25) is 0 Å². The SMILES string of the molecule is CCCCCCCCCCCCCCOc1cc(N)ccc1OC. The molecule has 2 N–H and O–H groups in total. The molecule has 24 heavy (non-hydrogen) atoms. The Bertz CT molecular complexity index is 420. The Morgan fingerprint density at radius 2 is 1.29 bits per heavy atom. The van der Waals surface area contributed by atoms with Crippen molar-refractivity contribution >= 4 is 5.69 Å². The molecule has 0 radical (unpaired) electrons. The summed E-state index contributed by atoms with van der Waals surface area (Å²) in [7, 11) is 1.65. The molecule has 0 saturated heterocycles. The number of rotatable bonds is 15. The second-order valence-electron chi connectivity index (χ2n) is 6.65. The van der Waals surface area contributed by atoms with Crippen molar-refractivity contribution in [2.24, 2.45) is 0 Å². The third-order valence-corrected chi connectivity index (χ3v) is 4.44. The van der Waals surface area contributed by atoms with Gasteiger partial charge in [-0.25, -0.2) is 0 Å². The molecule has 0 aliphatic rings. The molecule has 1 rings (SSSR count). The Morgan fingerprint density at radius 1 is 0.750 bits per heavy atom. The first-order valence-electron chi connectivity index (χ1n) is 9.84.